The van der Waals surface area contributed by atoms with Gasteiger partial charge >= 0.3 is 11.9 Å². The van der Waals surface area contributed by atoms with Gasteiger partial charge in [-0.1, -0.05) is 12.1 Å². The summed E-state index contributed by atoms with van der Waals surface area (Å²) in [7, 11) is 2.42. The molecule has 1 N–H and O–H groups in total. The average Bonchev–Trinajstić information content (AvgIpc) is 2.59. The molecule has 1 fully saturated rings. The Kier molecular flexibility index (Phi) is 5.90. The second-order valence-corrected chi connectivity index (χ2v) is 7.18. The Morgan fingerprint density at radius 2 is 1.72 bits per heavy atom. The molecule has 0 bridgehead atoms. The summed E-state index contributed by atoms with van der Waals surface area (Å²) in [5, 5.41) is 10.7. The number of carbonyl (C=O) groups excluding carboxylic acids is 3. The van der Waals surface area contributed by atoms with Gasteiger partial charge in [0.1, 0.15) is 5.92 Å². The molecule has 0 aromatic heterocycles. The van der Waals surface area contributed by atoms with Gasteiger partial charge < -0.3 is 14.6 Å². The van der Waals surface area contributed by atoms with E-state index in [0.717, 1.165) is 4.90 Å². The summed E-state index contributed by atoms with van der Waals surface area (Å²) in [4.78, 5) is 38.2. The van der Waals surface area contributed by atoms with Crippen molar-refractivity contribution in [2.45, 2.75) is 29.8 Å². The third-order valence-electron chi connectivity index (χ3n) is 4.68. The standard InChI is InChI=1S/C18H22O6S/c1-18(22)9-12(19)14(16(20)23-2)13(15(18)17(21)24-3)10-5-7-11(25-4)8-6-10/h5-8,13-15,22H,9H2,1-4H3/t13-,14+,15+,18+/m0/s1. The van der Waals surface area contributed by atoms with Crippen LogP contribution in [0.1, 0.15) is 24.8 Å². The number of methoxy groups -OCH3 is 2. The number of hydrogen-bond donors (Lipinski definition) is 1. The lowest BCUT2D eigenvalue weighted by Crippen LogP contribution is -2.55. The highest BCUT2D eigenvalue weighted by Gasteiger charge is 2.56. The van der Waals surface area contributed by atoms with Crippen molar-refractivity contribution in [2.75, 3.05) is 20.5 Å². The molecule has 25 heavy (non-hydrogen) atoms. The highest BCUT2D eigenvalue weighted by Crippen LogP contribution is 2.46. The molecule has 0 spiro atoms. The lowest BCUT2D eigenvalue weighted by molar-refractivity contribution is -0.170. The molecular formula is C18H22O6S. The predicted octanol–water partition coefficient (Wildman–Crippen LogP) is 1.79. The van der Waals surface area contributed by atoms with Crippen molar-refractivity contribution in [3.05, 3.63) is 29.8 Å². The monoisotopic (exact) mass is 366 g/mol. The van der Waals surface area contributed by atoms with E-state index in [1.54, 1.807) is 23.9 Å². The highest BCUT2D eigenvalue weighted by atomic mass is 32.2. The van der Waals surface area contributed by atoms with Gasteiger partial charge in [0.05, 0.1) is 25.7 Å². The number of benzene rings is 1. The third-order valence-corrected chi connectivity index (χ3v) is 5.42. The van der Waals surface area contributed by atoms with E-state index in [1.807, 2.05) is 18.4 Å². The minimum atomic E-state index is -1.61. The van der Waals surface area contributed by atoms with Gasteiger partial charge in [-0.05, 0) is 30.9 Å². The predicted molar refractivity (Wildman–Crippen MR) is 92.2 cm³/mol. The van der Waals surface area contributed by atoms with Crippen LogP contribution in [0, 0.1) is 11.8 Å². The maximum absolute atomic E-state index is 12.6. The fourth-order valence-corrected chi connectivity index (χ4v) is 3.90. The molecule has 0 saturated heterocycles. The van der Waals surface area contributed by atoms with Crippen LogP contribution in [-0.4, -0.2) is 48.9 Å². The highest BCUT2D eigenvalue weighted by molar-refractivity contribution is 7.98. The van der Waals surface area contributed by atoms with Gasteiger partial charge in [0.2, 0.25) is 0 Å². The van der Waals surface area contributed by atoms with Gasteiger partial charge in [-0.15, -0.1) is 11.8 Å². The molecule has 2 rings (SSSR count). The molecular weight excluding hydrogens is 344 g/mol. The second-order valence-electron chi connectivity index (χ2n) is 6.30. The molecule has 0 amide bonds. The fraction of sp³-hybridized carbons (Fsp3) is 0.500. The Balaban J connectivity index is 2.61. The summed E-state index contributed by atoms with van der Waals surface area (Å²) in [6.45, 7) is 1.42. The minimum absolute atomic E-state index is 0.314. The van der Waals surface area contributed by atoms with Gasteiger partial charge in [-0.2, -0.15) is 0 Å². The molecule has 1 aromatic carbocycles. The zero-order valence-corrected chi connectivity index (χ0v) is 15.5. The molecule has 0 heterocycles. The first-order chi connectivity index (χ1) is 11.8. The Morgan fingerprint density at radius 1 is 1.16 bits per heavy atom. The van der Waals surface area contributed by atoms with Crippen molar-refractivity contribution in [1.29, 1.82) is 0 Å². The summed E-state index contributed by atoms with van der Waals surface area (Å²) in [6, 6.07) is 7.21. The lowest BCUT2D eigenvalue weighted by Gasteiger charge is -2.43. The largest absolute Gasteiger partial charge is 0.469 e. The van der Waals surface area contributed by atoms with E-state index in [2.05, 4.69) is 0 Å². The number of ketones is 1. The van der Waals surface area contributed by atoms with E-state index < -0.39 is 41.1 Å². The van der Waals surface area contributed by atoms with Crippen LogP contribution in [0.5, 0.6) is 0 Å². The zero-order chi connectivity index (χ0) is 18.8. The normalized spacial score (nSPS) is 29.2. The molecule has 0 aliphatic heterocycles. The fourth-order valence-electron chi connectivity index (χ4n) is 3.50. The van der Waals surface area contributed by atoms with Gasteiger partial charge in [-0.25, -0.2) is 0 Å². The number of thioether (sulfide) groups is 1. The van der Waals surface area contributed by atoms with Crippen molar-refractivity contribution in [1.82, 2.24) is 0 Å². The maximum atomic E-state index is 12.6. The molecule has 1 aliphatic rings. The quantitative estimate of drug-likeness (QED) is 0.494. The Hall–Kier alpha value is -1.86. The third kappa shape index (κ3) is 3.72. The molecule has 136 valence electrons. The van der Waals surface area contributed by atoms with Crippen LogP contribution >= 0.6 is 11.8 Å². The first kappa shape index (κ1) is 19.5. The van der Waals surface area contributed by atoms with E-state index >= 15 is 0 Å². The van der Waals surface area contributed by atoms with E-state index in [4.69, 9.17) is 9.47 Å². The smallest absolute Gasteiger partial charge is 0.316 e. The summed E-state index contributed by atoms with van der Waals surface area (Å²) < 4.78 is 9.64. The molecule has 0 unspecified atom stereocenters. The van der Waals surface area contributed by atoms with Crippen molar-refractivity contribution < 1.29 is 29.0 Å². The molecule has 0 radical (unpaired) electrons. The summed E-state index contributed by atoms with van der Waals surface area (Å²) in [5.41, 5.74) is -1.01. The van der Waals surface area contributed by atoms with E-state index in [0.29, 0.717) is 5.56 Å². The molecule has 1 aromatic rings. The number of esters is 2. The van der Waals surface area contributed by atoms with Crippen LogP contribution < -0.4 is 0 Å². The van der Waals surface area contributed by atoms with Crippen LogP contribution in [0.4, 0.5) is 0 Å². The number of carbonyl (C=O) groups is 3. The summed E-state index contributed by atoms with van der Waals surface area (Å²) in [6.07, 6.45) is 1.62. The van der Waals surface area contributed by atoms with E-state index in [1.165, 1.54) is 21.1 Å². The second kappa shape index (κ2) is 7.58. The SMILES string of the molecule is COC(=O)[C@@H]1C(=O)C[C@@](C)(O)[C@@H](C(=O)OC)[C@H]1c1ccc(SC)cc1. The number of ether oxygens (including phenoxy) is 2. The van der Waals surface area contributed by atoms with Crippen molar-refractivity contribution >= 4 is 29.5 Å². The van der Waals surface area contributed by atoms with Gasteiger partial charge in [0, 0.05) is 17.2 Å². The Morgan fingerprint density at radius 3 is 2.20 bits per heavy atom. The van der Waals surface area contributed by atoms with E-state index in [9.17, 15) is 19.5 Å². The van der Waals surface area contributed by atoms with Crippen LogP contribution in [0.15, 0.2) is 29.2 Å². The van der Waals surface area contributed by atoms with Crippen molar-refractivity contribution in [3.8, 4) is 0 Å². The topological polar surface area (TPSA) is 89.9 Å². The minimum Gasteiger partial charge on any atom is -0.469 e. The van der Waals surface area contributed by atoms with Gasteiger partial charge in [0.15, 0.2) is 5.78 Å². The van der Waals surface area contributed by atoms with Crippen LogP contribution in [0.3, 0.4) is 0 Å². The first-order valence-electron chi connectivity index (χ1n) is 7.81. The van der Waals surface area contributed by atoms with Crippen LogP contribution in [0.25, 0.3) is 0 Å². The first-order valence-corrected chi connectivity index (χ1v) is 9.04. The Bertz CT molecular complexity index is 667. The van der Waals surface area contributed by atoms with Crippen molar-refractivity contribution in [3.63, 3.8) is 0 Å². The average molecular weight is 366 g/mol. The number of hydrogen-bond acceptors (Lipinski definition) is 7. The van der Waals surface area contributed by atoms with Gasteiger partial charge in [0.25, 0.3) is 0 Å². The van der Waals surface area contributed by atoms with Crippen LogP contribution in [0.2, 0.25) is 0 Å². The molecule has 1 aliphatic carbocycles. The molecule has 4 atom stereocenters. The zero-order valence-electron chi connectivity index (χ0n) is 14.6. The maximum Gasteiger partial charge on any atom is 0.316 e. The Labute approximate surface area is 150 Å². The van der Waals surface area contributed by atoms with E-state index in [-0.39, 0.29) is 6.42 Å². The molecule has 6 nitrogen and oxygen atoms in total. The summed E-state index contributed by atoms with van der Waals surface area (Å²) >= 11 is 1.55. The molecule has 7 heteroatoms. The van der Waals surface area contributed by atoms with Gasteiger partial charge in [-0.3, -0.25) is 14.4 Å². The number of aliphatic hydroxyl groups is 1. The number of rotatable bonds is 4. The number of Topliss-reactive ketones (excluding diaryl/α,β-unsaturated/α-hetero) is 1. The van der Waals surface area contributed by atoms with Crippen molar-refractivity contribution in [2.24, 2.45) is 11.8 Å². The summed E-state index contributed by atoms with van der Waals surface area (Å²) in [5.74, 6) is -4.89. The lowest BCUT2D eigenvalue weighted by atomic mass is 9.62. The molecule has 1 saturated carbocycles. The van der Waals surface area contributed by atoms with Crippen LogP contribution in [-0.2, 0) is 23.9 Å².